The number of hydrogen-bond donors (Lipinski definition) is 2. The van der Waals surface area contributed by atoms with Crippen molar-refractivity contribution in [2.24, 2.45) is 5.73 Å². The van der Waals surface area contributed by atoms with Gasteiger partial charge in [0, 0.05) is 5.02 Å². The molecule has 0 radical (unpaired) electrons. The molecule has 5 heteroatoms. The van der Waals surface area contributed by atoms with Crippen molar-refractivity contribution in [3.8, 4) is 0 Å². The number of aliphatic hydroxyl groups excluding tert-OH is 1. The third-order valence-electron chi connectivity index (χ3n) is 1.55. The van der Waals surface area contributed by atoms with Crippen LogP contribution in [0.5, 0.6) is 0 Å². The van der Waals surface area contributed by atoms with Gasteiger partial charge in [0.1, 0.15) is 5.82 Å². The first-order valence-corrected chi connectivity index (χ1v) is 3.84. The van der Waals surface area contributed by atoms with Crippen LogP contribution in [0.3, 0.4) is 0 Å². The van der Waals surface area contributed by atoms with Crippen LogP contribution in [0.25, 0.3) is 0 Å². The van der Waals surface area contributed by atoms with Crippen LogP contribution >= 0.6 is 24.0 Å². The predicted octanol–water partition coefficient (Wildman–Crippen LogP) is 1.89. The fourth-order valence-corrected chi connectivity index (χ4v) is 1.15. The van der Waals surface area contributed by atoms with Crippen LogP contribution in [0.1, 0.15) is 11.6 Å². The van der Waals surface area contributed by atoms with Crippen molar-refractivity contribution < 1.29 is 9.50 Å². The van der Waals surface area contributed by atoms with E-state index in [1.807, 2.05) is 0 Å². The van der Waals surface area contributed by atoms with Crippen molar-refractivity contribution in [1.82, 2.24) is 0 Å². The molecule has 0 aliphatic heterocycles. The van der Waals surface area contributed by atoms with E-state index in [0.29, 0.717) is 10.6 Å². The standard InChI is InChI=1S/C8H9ClFNO.ClH/c9-7-2-1-5(10)3-6(7)8(11)4-12;/h1-3,8,12H,4,11H2;1H/t8-;/m0./s1. The minimum atomic E-state index is -0.617. The Morgan fingerprint density at radius 2 is 2.15 bits per heavy atom. The first kappa shape index (κ1) is 12.7. The molecule has 1 rings (SSSR count). The lowest BCUT2D eigenvalue weighted by molar-refractivity contribution is 0.268. The van der Waals surface area contributed by atoms with Crippen molar-refractivity contribution in [1.29, 1.82) is 0 Å². The van der Waals surface area contributed by atoms with E-state index in [1.54, 1.807) is 0 Å². The molecule has 0 heterocycles. The summed E-state index contributed by atoms with van der Waals surface area (Å²) >= 11 is 5.71. The van der Waals surface area contributed by atoms with E-state index in [9.17, 15) is 4.39 Å². The summed E-state index contributed by atoms with van der Waals surface area (Å²) in [5, 5.41) is 9.07. The van der Waals surface area contributed by atoms with E-state index in [0.717, 1.165) is 0 Å². The molecule has 0 aliphatic rings. The van der Waals surface area contributed by atoms with Crippen LogP contribution in [0, 0.1) is 5.82 Å². The SMILES string of the molecule is Cl.N[C@@H](CO)c1cc(F)ccc1Cl. The van der Waals surface area contributed by atoms with E-state index < -0.39 is 11.9 Å². The lowest BCUT2D eigenvalue weighted by Crippen LogP contribution is -2.15. The van der Waals surface area contributed by atoms with Crippen LogP contribution in [-0.4, -0.2) is 11.7 Å². The lowest BCUT2D eigenvalue weighted by Gasteiger charge is -2.09. The van der Waals surface area contributed by atoms with Gasteiger partial charge in [-0.05, 0) is 23.8 Å². The molecule has 1 aromatic rings. The highest BCUT2D eigenvalue weighted by Gasteiger charge is 2.09. The molecule has 13 heavy (non-hydrogen) atoms. The third-order valence-corrected chi connectivity index (χ3v) is 1.90. The number of nitrogens with two attached hydrogens (primary N) is 1. The van der Waals surface area contributed by atoms with Crippen LogP contribution < -0.4 is 5.73 Å². The van der Waals surface area contributed by atoms with Gasteiger partial charge in [-0.2, -0.15) is 0 Å². The second-order valence-electron chi connectivity index (χ2n) is 2.45. The maximum atomic E-state index is 12.6. The molecule has 0 amide bonds. The maximum absolute atomic E-state index is 12.6. The number of rotatable bonds is 2. The predicted molar refractivity (Wildman–Crippen MR) is 52.7 cm³/mol. The van der Waals surface area contributed by atoms with E-state index in [-0.39, 0.29) is 19.0 Å². The third kappa shape index (κ3) is 3.12. The Kier molecular flexibility index (Phi) is 5.25. The van der Waals surface area contributed by atoms with Gasteiger partial charge in [-0.15, -0.1) is 12.4 Å². The highest BCUT2D eigenvalue weighted by Crippen LogP contribution is 2.21. The van der Waals surface area contributed by atoms with E-state index >= 15 is 0 Å². The second-order valence-corrected chi connectivity index (χ2v) is 2.86. The molecule has 74 valence electrons. The zero-order chi connectivity index (χ0) is 9.14. The van der Waals surface area contributed by atoms with Gasteiger partial charge in [0.2, 0.25) is 0 Å². The van der Waals surface area contributed by atoms with Crippen LogP contribution in [0.4, 0.5) is 4.39 Å². The number of hydrogen-bond acceptors (Lipinski definition) is 2. The van der Waals surface area contributed by atoms with Crippen molar-refractivity contribution in [2.45, 2.75) is 6.04 Å². The minimum Gasteiger partial charge on any atom is -0.394 e. The lowest BCUT2D eigenvalue weighted by atomic mass is 10.1. The Balaban J connectivity index is 0.00000144. The number of aliphatic hydroxyl groups is 1. The van der Waals surface area contributed by atoms with Gasteiger partial charge < -0.3 is 10.8 Å². The first-order valence-electron chi connectivity index (χ1n) is 3.46. The molecule has 0 spiro atoms. The van der Waals surface area contributed by atoms with Gasteiger partial charge in [-0.25, -0.2) is 4.39 Å². The zero-order valence-electron chi connectivity index (χ0n) is 6.71. The second kappa shape index (κ2) is 5.40. The Hall–Kier alpha value is -0.350. The van der Waals surface area contributed by atoms with Crippen LogP contribution in [0.15, 0.2) is 18.2 Å². The molecule has 0 aromatic heterocycles. The van der Waals surface area contributed by atoms with Gasteiger partial charge >= 0.3 is 0 Å². The summed E-state index contributed by atoms with van der Waals surface area (Å²) in [6, 6.07) is 3.27. The summed E-state index contributed by atoms with van der Waals surface area (Å²) in [6.07, 6.45) is 0. The average molecular weight is 226 g/mol. The van der Waals surface area contributed by atoms with Crippen molar-refractivity contribution in [3.63, 3.8) is 0 Å². The summed E-state index contributed by atoms with van der Waals surface area (Å²) in [4.78, 5) is 0. The monoisotopic (exact) mass is 225 g/mol. The Morgan fingerprint density at radius 1 is 1.54 bits per heavy atom. The van der Waals surface area contributed by atoms with Gasteiger partial charge in [-0.3, -0.25) is 0 Å². The molecule has 0 saturated carbocycles. The molecule has 0 saturated heterocycles. The summed E-state index contributed by atoms with van der Waals surface area (Å²) in [5.41, 5.74) is 5.89. The molecule has 0 aliphatic carbocycles. The molecule has 0 unspecified atom stereocenters. The Morgan fingerprint density at radius 3 is 2.69 bits per heavy atom. The molecular weight excluding hydrogens is 216 g/mol. The van der Waals surface area contributed by atoms with Gasteiger partial charge in [-0.1, -0.05) is 11.6 Å². The van der Waals surface area contributed by atoms with E-state index in [4.69, 9.17) is 22.4 Å². The summed E-state index contributed by atoms with van der Waals surface area (Å²) in [6.45, 7) is -0.247. The highest BCUT2D eigenvalue weighted by atomic mass is 35.5. The minimum absolute atomic E-state index is 0. The molecule has 3 N–H and O–H groups in total. The highest BCUT2D eigenvalue weighted by molar-refractivity contribution is 6.31. The largest absolute Gasteiger partial charge is 0.394 e. The molecule has 0 bridgehead atoms. The Bertz CT molecular complexity index is 283. The fourth-order valence-electron chi connectivity index (χ4n) is 0.897. The fraction of sp³-hybridized carbons (Fsp3) is 0.250. The van der Waals surface area contributed by atoms with E-state index in [2.05, 4.69) is 0 Å². The van der Waals surface area contributed by atoms with Crippen LogP contribution in [0.2, 0.25) is 5.02 Å². The molecule has 0 fully saturated rings. The van der Waals surface area contributed by atoms with Crippen molar-refractivity contribution in [3.05, 3.63) is 34.6 Å². The first-order chi connectivity index (χ1) is 5.65. The summed E-state index contributed by atoms with van der Waals surface area (Å²) in [7, 11) is 0. The van der Waals surface area contributed by atoms with Crippen molar-refractivity contribution in [2.75, 3.05) is 6.61 Å². The molecular formula is C8H10Cl2FNO. The average Bonchev–Trinajstić information content (AvgIpc) is 2.08. The van der Waals surface area contributed by atoms with Gasteiger partial charge in [0.15, 0.2) is 0 Å². The number of benzene rings is 1. The molecule has 1 aromatic carbocycles. The van der Waals surface area contributed by atoms with Crippen molar-refractivity contribution >= 4 is 24.0 Å². The topological polar surface area (TPSA) is 46.2 Å². The molecule has 1 atom stereocenters. The van der Waals surface area contributed by atoms with Gasteiger partial charge in [0.05, 0.1) is 12.6 Å². The smallest absolute Gasteiger partial charge is 0.123 e. The molecule has 2 nitrogen and oxygen atoms in total. The summed E-state index contributed by atoms with van der Waals surface area (Å²) in [5.74, 6) is -0.404. The van der Waals surface area contributed by atoms with Gasteiger partial charge in [0.25, 0.3) is 0 Å². The van der Waals surface area contributed by atoms with Crippen LogP contribution in [-0.2, 0) is 0 Å². The van der Waals surface area contributed by atoms with E-state index in [1.165, 1.54) is 18.2 Å². The maximum Gasteiger partial charge on any atom is 0.123 e. The summed E-state index contributed by atoms with van der Waals surface area (Å²) < 4.78 is 12.6. The zero-order valence-corrected chi connectivity index (χ0v) is 8.28. The number of halogens is 3. The quantitative estimate of drug-likeness (QED) is 0.808. The Labute approximate surface area is 86.9 Å². The normalized spacial score (nSPS) is 12.0.